The van der Waals surface area contributed by atoms with Gasteiger partial charge in [-0.3, -0.25) is 4.79 Å². The molecule has 4 heteroatoms. The Bertz CT molecular complexity index is 1440. The normalized spacial score (nSPS) is 17.0. The third kappa shape index (κ3) is 5.27. The van der Waals surface area contributed by atoms with Crippen molar-refractivity contribution >= 4 is 39.8 Å². The summed E-state index contributed by atoms with van der Waals surface area (Å²) >= 11 is 0. The van der Waals surface area contributed by atoms with Crippen LogP contribution in [0.15, 0.2) is 133 Å². The lowest BCUT2D eigenvalue weighted by Crippen LogP contribution is -2.42. The number of carbonyl (C=O) groups excluding carboxylic acids is 2. The largest absolute Gasteiger partial charge is 0.462 e. The minimum Gasteiger partial charge on any atom is -0.462 e. The van der Waals surface area contributed by atoms with Gasteiger partial charge in [-0.2, -0.15) is 0 Å². The van der Waals surface area contributed by atoms with Crippen molar-refractivity contribution in [3.8, 4) is 0 Å². The highest BCUT2D eigenvalue weighted by molar-refractivity contribution is 7.97. The number of hydrogen-bond donors (Lipinski definition) is 0. The zero-order chi connectivity index (χ0) is 28.0. The number of allylic oxidation sites excluding steroid dienone is 2. The molecule has 1 aliphatic carbocycles. The molecule has 202 valence electrons. The number of rotatable bonds is 8. The van der Waals surface area contributed by atoms with Crippen LogP contribution < -0.4 is 15.9 Å². The Labute approximate surface area is 237 Å². The van der Waals surface area contributed by atoms with Crippen molar-refractivity contribution in [1.82, 2.24) is 0 Å². The molecule has 0 unspecified atom stereocenters. The molecular weight excluding hydrogens is 511 g/mol. The molecule has 4 aromatic rings. The van der Waals surface area contributed by atoms with Gasteiger partial charge in [-0.25, -0.2) is 4.79 Å². The fraction of sp³-hybridized carbons (Fsp3) is 0.194. The molecule has 0 aromatic heterocycles. The van der Waals surface area contributed by atoms with Crippen LogP contribution in [0.2, 0.25) is 0 Å². The van der Waals surface area contributed by atoms with Crippen LogP contribution >= 0.6 is 6.89 Å². The monoisotopic (exact) mass is 546 g/mol. The van der Waals surface area contributed by atoms with Crippen LogP contribution in [0.5, 0.6) is 0 Å². The molecule has 2 atom stereocenters. The molecule has 3 nitrogen and oxygen atoms in total. The van der Waals surface area contributed by atoms with Crippen molar-refractivity contribution in [1.29, 1.82) is 0 Å². The fourth-order valence-electron chi connectivity index (χ4n) is 5.97. The van der Waals surface area contributed by atoms with E-state index >= 15 is 4.79 Å². The van der Waals surface area contributed by atoms with Crippen molar-refractivity contribution in [3.05, 3.63) is 139 Å². The van der Waals surface area contributed by atoms with Gasteiger partial charge in [0.1, 0.15) is 5.29 Å². The quantitative estimate of drug-likeness (QED) is 0.111. The first-order chi connectivity index (χ1) is 19.6. The van der Waals surface area contributed by atoms with Crippen molar-refractivity contribution < 1.29 is 14.3 Å². The first kappa shape index (κ1) is 27.6. The molecule has 1 aliphatic rings. The first-order valence-corrected chi connectivity index (χ1v) is 15.7. The van der Waals surface area contributed by atoms with E-state index in [2.05, 4.69) is 61.5 Å². The van der Waals surface area contributed by atoms with Crippen LogP contribution in [-0.4, -0.2) is 23.7 Å². The van der Waals surface area contributed by atoms with E-state index in [1.54, 1.807) is 6.92 Å². The molecule has 40 heavy (non-hydrogen) atoms. The Morgan fingerprint density at radius 3 is 1.62 bits per heavy atom. The maximum absolute atomic E-state index is 15.1. The van der Waals surface area contributed by atoms with E-state index in [1.165, 1.54) is 5.57 Å². The SMILES string of the molecule is CCOC(=O)C(C(=O)[C@@H]1CC=C(C)C[C@@H]1c1ccccc1)=P(c1ccccc1)(c1ccccc1)c1ccccc1. The van der Waals surface area contributed by atoms with Gasteiger partial charge in [-0.15, -0.1) is 0 Å². The second kappa shape index (κ2) is 12.5. The maximum atomic E-state index is 15.1. The van der Waals surface area contributed by atoms with Crippen molar-refractivity contribution in [3.63, 3.8) is 0 Å². The van der Waals surface area contributed by atoms with Crippen molar-refractivity contribution in [2.45, 2.75) is 32.6 Å². The van der Waals surface area contributed by atoms with Gasteiger partial charge in [-0.1, -0.05) is 133 Å². The van der Waals surface area contributed by atoms with Gasteiger partial charge in [0, 0.05) is 5.92 Å². The highest BCUT2D eigenvalue weighted by Gasteiger charge is 2.42. The van der Waals surface area contributed by atoms with Crippen LogP contribution in [0.3, 0.4) is 0 Å². The highest BCUT2D eigenvalue weighted by atomic mass is 31.2. The predicted molar refractivity (Wildman–Crippen MR) is 167 cm³/mol. The summed E-state index contributed by atoms with van der Waals surface area (Å²) in [5.74, 6) is -1.02. The molecule has 0 heterocycles. The van der Waals surface area contributed by atoms with Crippen molar-refractivity contribution in [2.24, 2.45) is 5.92 Å². The Kier molecular flexibility index (Phi) is 8.63. The van der Waals surface area contributed by atoms with Gasteiger partial charge in [0.25, 0.3) is 0 Å². The Morgan fingerprint density at radius 1 is 0.725 bits per heavy atom. The number of carbonyl (C=O) groups is 2. The lowest BCUT2D eigenvalue weighted by Gasteiger charge is -2.35. The Hall–Kier alpha value is -3.94. The molecule has 0 bridgehead atoms. The Morgan fingerprint density at radius 2 is 1.18 bits per heavy atom. The van der Waals surface area contributed by atoms with Crippen LogP contribution in [-0.2, 0) is 14.3 Å². The average Bonchev–Trinajstić information content (AvgIpc) is 3.01. The predicted octanol–water partition coefficient (Wildman–Crippen LogP) is 6.43. The highest BCUT2D eigenvalue weighted by Crippen LogP contribution is 2.49. The molecule has 0 aliphatic heterocycles. The zero-order valence-electron chi connectivity index (χ0n) is 23.1. The van der Waals surface area contributed by atoms with Gasteiger partial charge in [0.2, 0.25) is 0 Å². The Balaban J connectivity index is 1.90. The van der Waals surface area contributed by atoms with Gasteiger partial charge in [0.05, 0.1) is 6.61 Å². The number of esters is 1. The lowest BCUT2D eigenvalue weighted by molar-refractivity contribution is -0.135. The van der Waals surface area contributed by atoms with E-state index in [1.807, 2.05) is 72.8 Å². The third-order valence-electron chi connectivity index (χ3n) is 7.78. The fourth-order valence-corrected chi connectivity index (χ4v) is 10.3. The van der Waals surface area contributed by atoms with Crippen LogP contribution in [0.25, 0.3) is 0 Å². The standard InChI is InChI=1S/C36H35O3P/c1-3-39-36(38)35(34(37)32-25-24-27(2)26-33(32)28-16-8-4-9-17-28)40(29-18-10-5-11-19-29,30-20-12-6-13-21-30)31-22-14-7-15-23-31/h4-24,32-33H,3,25-26H2,1-2H3/t32-,33-/m1/s1. The lowest BCUT2D eigenvalue weighted by atomic mass is 9.73. The van der Waals surface area contributed by atoms with E-state index in [0.717, 1.165) is 27.9 Å². The van der Waals surface area contributed by atoms with Gasteiger partial charge in [-0.05, 0) is 61.0 Å². The summed E-state index contributed by atoms with van der Waals surface area (Å²) in [5, 5.41) is 3.16. The van der Waals surface area contributed by atoms with Gasteiger partial charge in [0.15, 0.2) is 5.78 Å². The van der Waals surface area contributed by atoms with Crippen LogP contribution in [0.4, 0.5) is 0 Å². The number of ketones is 1. The molecule has 0 saturated carbocycles. The molecule has 0 amide bonds. The topological polar surface area (TPSA) is 43.4 Å². The zero-order valence-corrected chi connectivity index (χ0v) is 24.0. The average molecular weight is 547 g/mol. The number of hydrogen-bond acceptors (Lipinski definition) is 3. The second-order valence-corrected chi connectivity index (χ2v) is 13.6. The minimum absolute atomic E-state index is 0.0210. The summed E-state index contributed by atoms with van der Waals surface area (Å²) in [6.07, 6.45) is 3.54. The van der Waals surface area contributed by atoms with E-state index in [-0.39, 0.29) is 29.5 Å². The number of ether oxygens (including phenoxy) is 1. The van der Waals surface area contributed by atoms with Gasteiger partial charge < -0.3 is 4.74 Å². The first-order valence-electron chi connectivity index (χ1n) is 13.9. The molecule has 0 fully saturated rings. The summed E-state index contributed by atoms with van der Waals surface area (Å²) in [5.41, 5.74) is 2.39. The molecule has 0 radical (unpaired) electrons. The minimum atomic E-state index is -2.93. The summed E-state index contributed by atoms with van der Waals surface area (Å²) in [6.45, 7) is 1.19. The summed E-state index contributed by atoms with van der Waals surface area (Å²) in [4.78, 5) is 29.4. The van der Waals surface area contributed by atoms with Gasteiger partial charge >= 0.3 is 5.97 Å². The molecule has 0 N–H and O–H groups in total. The van der Waals surface area contributed by atoms with Crippen molar-refractivity contribution in [2.75, 3.05) is 6.61 Å². The smallest absolute Gasteiger partial charge is 0.342 e. The summed E-state index contributed by atoms with van der Waals surface area (Å²) < 4.78 is 5.76. The van der Waals surface area contributed by atoms with E-state index < -0.39 is 12.9 Å². The van der Waals surface area contributed by atoms with E-state index in [9.17, 15) is 4.79 Å². The molecule has 0 saturated heterocycles. The van der Waals surface area contributed by atoms with Crippen LogP contribution in [0.1, 0.15) is 38.2 Å². The molecule has 0 spiro atoms. The number of benzene rings is 4. The maximum Gasteiger partial charge on any atom is 0.342 e. The summed E-state index contributed by atoms with van der Waals surface area (Å²) in [7, 11) is 0. The molecule has 5 rings (SSSR count). The van der Waals surface area contributed by atoms with Crippen LogP contribution in [0, 0.1) is 5.92 Å². The third-order valence-corrected chi connectivity index (χ3v) is 12.1. The van der Waals surface area contributed by atoms with E-state index in [0.29, 0.717) is 6.42 Å². The summed E-state index contributed by atoms with van der Waals surface area (Å²) in [6, 6.07) is 40.4. The molecular formula is C36H35O3P. The second-order valence-electron chi connectivity index (χ2n) is 10.2. The number of Topliss-reactive ketones (excluding diaryl/α,β-unsaturated/α-hetero) is 1. The molecule has 4 aromatic carbocycles. The van der Waals surface area contributed by atoms with E-state index in [4.69, 9.17) is 4.74 Å².